The molecule has 0 atom stereocenters. The van der Waals surface area contributed by atoms with Gasteiger partial charge in [0.25, 0.3) is 0 Å². The average molecular weight is 425 g/mol. The summed E-state index contributed by atoms with van der Waals surface area (Å²) >= 11 is 3.48. The molecule has 0 saturated heterocycles. The molecule has 0 aliphatic carbocycles. The van der Waals surface area contributed by atoms with Crippen molar-refractivity contribution < 1.29 is 8.83 Å². The molecule has 2 heterocycles. The molecule has 0 fully saturated rings. The summed E-state index contributed by atoms with van der Waals surface area (Å²) in [5, 5.41) is 2.01. The van der Waals surface area contributed by atoms with Crippen molar-refractivity contribution in [3.05, 3.63) is 68.7 Å². The van der Waals surface area contributed by atoms with Gasteiger partial charge in [-0.05, 0) is 49.1 Å². The van der Waals surface area contributed by atoms with Crippen LogP contribution in [0.2, 0.25) is 0 Å². The summed E-state index contributed by atoms with van der Waals surface area (Å²) in [4.78, 5) is 12.4. The van der Waals surface area contributed by atoms with Gasteiger partial charge in [0, 0.05) is 32.4 Å². The number of furan rings is 1. The van der Waals surface area contributed by atoms with E-state index in [1.165, 1.54) is 0 Å². The van der Waals surface area contributed by atoms with Crippen molar-refractivity contribution >= 4 is 37.9 Å². The van der Waals surface area contributed by atoms with Crippen LogP contribution in [0.4, 0.5) is 0 Å². The number of benzene rings is 2. The minimum Gasteiger partial charge on any atom is -0.464 e. The highest BCUT2D eigenvalue weighted by atomic mass is 79.9. The Hall–Kier alpha value is -2.33. The number of fused-ring (bicyclic) bond motifs is 2. The standard InChI is InChI=1S/C23H21BrO3/c1-3-4-5-6-17-14(2)18-11-19-20(15-7-9-16(24)10-8-15)13-26-21(19)12-22(18)27-23(17)25/h7-13H,3-6H2,1-2H3. The number of rotatable bonds is 5. The molecule has 2 aromatic carbocycles. The van der Waals surface area contributed by atoms with Crippen LogP contribution in [0.5, 0.6) is 0 Å². The molecule has 0 N–H and O–H groups in total. The van der Waals surface area contributed by atoms with Gasteiger partial charge >= 0.3 is 5.63 Å². The number of halogens is 1. The largest absolute Gasteiger partial charge is 0.464 e. The summed E-state index contributed by atoms with van der Waals surface area (Å²) in [6, 6.07) is 12.1. The molecule has 2 aromatic heterocycles. The van der Waals surface area contributed by atoms with Crippen LogP contribution in [0.15, 0.2) is 60.8 Å². The second-order valence-electron chi connectivity index (χ2n) is 6.95. The number of hydrogen-bond donors (Lipinski definition) is 0. The van der Waals surface area contributed by atoms with Crippen molar-refractivity contribution in [2.45, 2.75) is 39.5 Å². The maximum Gasteiger partial charge on any atom is 0.339 e. The molecule has 0 bridgehead atoms. The van der Waals surface area contributed by atoms with E-state index in [1.54, 1.807) is 6.26 Å². The van der Waals surface area contributed by atoms with Crippen LogP contribution in [-0.4, -0.2) is 0 Å². The molecule has 4 rings (SSSR count). The quantitative estimate of drug-likeness (QED) is 0.255. The van der Waals surface area contributed by atoms with Gasteiger partial charge in [-0.1, -0.05) is 47.8 Å². The molecule has 0 aliphatic heterocycles. The van der Waals surface area contributed by atoms with E-state index >= 15 is 0 Å². The summed E-state index contributed by atoms with van der Waals surface area (Å²) in [6.07, 6.45) is 5.78. The Balaban J connectivity index is 1.88. The van der Waals surface area contributed by atoms with Gasteiger partial charge in [-0.2, -0.15) is 0 Å². The second-order valence-corrected chi connectivity index (χ2v) is 7.87. The zero-order valence-electron chi connectivity index (χ0n) is 15.5. The highest BCUT2D eigenvalue weighted by molar-refractivity contribution is 9.10. The molecular weight excluding hydrogens is 404 g/mol. The van der Waals surface area contributed by atoms with Gasteiger partial charge in [-0.25, -0.2) is 4.79 Å². The third-order valence-corrected chi connectivity index (χ3v) is 5.70. The maximum absolute atomic E-state index is 12.4. The molecule has 0 radical (unpaired) electrons. The first-order chi connectivity index (χ1) is 13.1. The van der Waals surface area contributed by atoms with Crippen molar-refractivity contribution in [2.75, 3.05) is 0 Å². The van der Waals surface area contributed by atoms with E-state index in [4.69, 9.17) is 8.83 Å². The molecule has 4 aromatic rings. The highest BCUT2D eigenvalue weighted by Crippen LogP contribution is 2.35. The summed E-state index contributed by atoms with van der Waals surface area (Å²) in [5.41, 5.74) is 5.02. The van der Waals surface area contributed by atoms with E-state index in [0.717, 1.165) is 68.8 Å². The average Bonchev–Trinajstić information content (AvgIpc) is 3.06. The fraction of sp³-hybridized carbons (Fsp3) is 0.261. The Bertz CT molecular complexity index is 1170. The van der Waals surface area contributed by atoms with E-state index < -0.39 is 0 Å². The molecule has 138 valence electrons. The van der Waals surface area contributed by atoms with Crippen molar-refractivity contribution in [3.63, 3.8) is 0 Å². The molecule has 0 aliphatic rings. The predicted molar refractivity (Wildman–Crippen MR) is 113 cm³/mol. The second kappa shape index (κ2) is 7.35. The first-order valence-electron chi connectivity index (χ1n) is 9.32. The first kappa shape index (κ1) is 18.1. The predicted octanol–water partition coefficient (Wildman–Crippen LogP) is 7.01. The van der Waals surface area contributed by atoms with Crippen LogP contribution in [0.3, 0.4) is 0 Å². The van der Waals surface area contributed by atoms with Gasteiger partial charge < -0.3 is 8.83 Å². The van der Waals surface area contributed by atoms with Crippen LogP contribution in [0.25, 0.3) is 33.1 Å². The van der Waals surface area contributed by atoms with Gasteiger partial charge in [-0.3, -0.25) is 0 Å². The third kappa shape index (κ3) is 3.34. The van der Waals surface area contributed by atoms with E-state index in [-0.39, 0.29) is 5.63 Å². The van der Waals surface area contributed by atoms with E-state index in [9.17, 15) is 4.79 Å². The fourth-order valence-electron chi connectivity index (χ4n) is 3.60. The molecule has 0 spiro atoms. The van der Waals surface area contributed by atoms with Crippen molar-refractivity contribution in [1.82, 2.24) is 0 Å². The third-order valence-electron chi connectivity index (χ3n) is 5.17. The fourth-order valence-corrected chi connectivity index (χ4v) is 3.87. The first-order valence-corrected chi connectivity index (χ1v) is 10.1. The summed E-state index contributed by atoms with van der Waals surface area (Å²) in [6.45, 7) is 4.18. The van der Waals surface area contributed by atoms with Crippen molar-refractivity contribution in [1.29, 1.82) is 0 Å². The topological polar surface area (TPSA) is 43.4 Å². The van der Waals surface area contributed by atoms with Crippen LogP contribution >= 0.6 is 15.9 Å². The molecule has 0 saturated carbocycles. The normalized spacial score (nSPS) is 11.5. The lowest BCUT2D eigenvalue weighted by Gasteiger charge is -2.08. The molecule has 0 unspecified atom stereocenters. The van der Waals surface area contributed by atoms with Gasteiger partial charge in [0.1, 0.15) is 11.2 Å². The van der Waals surface area contributed by atoms with Gasteiger partial charge in [0.15, 0.2) is 0 Å². The molecule has 27 heavy (non-hydrogen) atoms. The minimum absolute atomic E-state index is 0.227. The lowest BCUT2D eigenvalue weighted by molar-refractivity contribution is 0.543. The van der Waals surface area contributed by atoms with Crippen LogP contribution in [-0.2, 0) is 6.42 Å². The van der Waals surface area contributed by atoms with E-state index in [0.29, 0.717) is 5.58 Å². The lowest BCUT2D eigenvalue weighted by atomic mass is 9.98. The SMILES string of the molecule is CCCCCc1c(C)c2cc3c(-c4ccc(Br)cc4)coc3cc2oc1=O. The van der Waals surface area contributed by atoms with Crippen molar-refractivity contribution in [3.8, 4) is 11.1 Å². The molecular formula is C23H21BrO3. The summed E-state index contributed by atoms with van der Waals surface area (Å²) < 4.78 is 12.4. The Kier molecular flexibility index (Phi) is 4.92. The van der Waals surface area contributed by atoms with Crippen LogP contribution in [0, 0.1) is 6.92 Å². The Morgan fingerprint density at radius 2 is 1.78 bits per heavy atom. The van der Waals surface area contributed by atoms with Gasteiger partial charge in [-0.15, -0.1) is 0 Å². The number of aryl methyl sites for hydroxylation is 1. The number of hydrogen-bond acceptors (Lipinski definition) is 3. The zero-order chi connectivity index (χ0) is 19.0. The summed E-state index contributed by atoms with van der Waals surface area (Å²) in [7, 11) is 0. The monoisotopic (exact) mass is 424 g/mol. The van der Waals surface area contributed by atoms with Gasteiger partial charge in [0.05, 0.1) is 6.26 Å². The zero-order valence-corrected chi connectivity index (χ0v) is 17.1. The molecule has 4 heteroatoms. The lowest BCUT2D eigenvalue weighted by Crippen LogP contribution is -2.10. The Morgan fingerprint density at radius 1 is 1.00 bits per heavy atom. The highest BCUT2D eigenvalue weighted by Gasteiger charge is 2.15. The maximum atomic E-state index is 12.4. The Labute approximate surface area is 166 Å². The Morgan fingerprint density at radius 3 is 2.52 bits per heavy atom. The number of unbranched alkanes of at least 4 members (excludes halogenated alkanes) is 2. The molecule has 0 amide bonds. The molecule has 3 nitrogen and oxygen atoms in total. The van der Waals surface area contributed by atoms with Gasteiger partial charge in [0.2, 0.25) is 0 Å². The van der Waals surface area contributed by atoms with E-state index in [1.807, 2.05) is 25.1 Å². The van der Waals surface area contributed by atoms with Crippen molar-refractivity contribution in [2.24, 2.45) is 0 Å². The minimum atomic E-state index is -0.227. The van der Waals surface area contributed by atoms with Crippen LogP contribution in [0.1, 0.15) is 37.3 Å². The summed E-state index contributed by atoms with van der Waals surface area (Å²) in [5.74, 6) is 0. The van der Waals surface area contributed by atoms with Crippen LogP contribution < -0.4 is 5.63 Å². The smallest absolute Gasteiger partial charge is 0.339 e. The van der Waals surface area contributed by atoms with E-state index in [2.05, 4.69) is 41.1 Å².